The van der Waals surface area contributed by atoms with Crippen molar-refractivity contribution < 1.29 is 12.9 Å². The molecule has 4 heteroatoms. The standard InChI is InChI=1S/C10H22O3S/c1-4-7-8-9-10(5-2,6-3)13-14(11)12/h4-9H2,1-3H3,(H,11,12). The molecule has 0 saturated heterocycles. The molecule has 14 heavy (non-hydrogen) atoms. The topological polar surface area (TPSA) is 46.5 Å². The number of rotatable bonds is 8. The van der Waals surface area contributed by atoms with Gasteiger partial charge >= 0.3 is 11.4 Å². The van der Waals surface area contributed by atoms with Gasteiger partial charge in [0.25, 0.3) is 0 Å². The molecule has 0 fully saturated rings. The molecular formula is C10H22O3S. The highest BCUT2D eigenvalue weighted by Crippen LogP contribution is 2.28. The maximum absolute atomic E-state index is 10.7. The van der Waals surface area contributed by atoms with E-state index in [1.54, 1.807) is 0 Å². The van der Waals surface area contributed by atoms with Gasteiger partial charge in [-0.1, -0.05) is 40.0 Å². The van der Waals surface area contributed by atoms with Crippen molar-refractivity contribution in [1.82, 2.24) is 0 Å². The van der Waals surface area contributed by atoms with Gasteiger partial charge in [-0.05, 0) is 19.3 Å². The fourth-order valence-corrected chi connectivity index (χ4v) is 2.23. The van der Waals surface area contributed by atoms with Crippen LogP contribution in [-0.4, -0.2) is 14.4 Å². The molecule has 0 radical (unpaired) electrons. The van der Waals surface area contributed by atoms with Crippen molar-refractivity contribution >= 4 is 11.4 Å². The quantitative estimate of drug-likeness (QED) is 0.506. The second-order valence-corrected chi connectivity index (χ2v) is 4.25. The Morgan fingerprint density at radius 1 is 1.21 bits per heavy atom. The Morgan fingerprint density at radius 2 is 1.79 bits per heavy atom. The molecule has 1 N–H and O–H groups in total. The van der Waals surface area contributed by atoms with Gasteiger partial charge in [0.15, 0.2) is 0 Å². The minimum Gasteiger partial charge on any atom is -0.284 e. The number of hydrogen-bond donors (Lipinski definition) is 1. The normalized spacial score (nSPS) is 14.3. The lowest BCUT2D eigenvalue weighted by Crippen LogP contribution is -2.31. The van der Waals surface area contributed by atoms with E-state index in [1.807, 2.05) is 13.8 Å². The SMILES string of the molecule is CCCCCC(CC)(CC)OS(=O)O. The zero-order valence-corrected chi connectivity index (χ0v) is 10.2. The summed E-state index contributed by atoms with van der Waals surface area (Å²) >= 11 is -2.14. The van der Waals surface area contributed by atoms with Gasteiger partial charge < -0.3 is 0 Å². The van der Waals surface area contributed by atoms with E-state index in [1.165, 1.54) is 0 Å². The van der Waals surface area contributed by atoms with Crippen LogP contribution in [0.25, 0.3) is 0 Å². The highest BCUT2D eigenvalue weighted by molar-refractivity contribution is 7.74. The lowest BCUT2D eigenvalue weighted by Gasteiger charge is -2.29. The predicted molar refractivity (Wildman–Crippen MR) is 59.3 cm³/mol. The number of unbranched alkanes of at least 4 members (excludes halogenated alkanes) is 2. The van der Waals surface area contributed by atoms with Gasteiger partial charge in [0.05, 0.1) is 5.60 Å². The van der Waals surface area contributed by atoms with E-state index in [0.717, 1.165) is 38.5 Å². The third kappa shape index (κ3) is 5.08. The van der Waals surface area contributed by atoms with Crippen molar-refractivity contribution in [2.45, 2.75) is 64.9 Å². The van der Waals surface area contributed by atoms with E-state index in [4.69, 9.17) is 8.74 Å². The molecule has 0 aliphatic rings. The molecule has 0 aliphatic heterocycles. The molecule has 0 rings (SSSR count). The first-order valence-electron chi connectivity index (χ1n) is 5.40. The molecule has 0 aromatic carbocycles. The summed E-state index contributed by atoms with van der Waals surface area (Å²) in [6.07, 6.45) is 5.84. The van der Waals surface area contributed by atoms with Crippen LogP contribution in [0, 0.1) is 0 Å². The van der Waals surface area contributed by atoms with Crippen LogP contribution < -0.4 is 0 Å². The summed E-state index contributed by atoms with van der Waals surface area (Å²) < 4.78 is 24.5. The number of hydrogen-bond acceptors (Lipinski definition) is 2. The molecular weight excluding hydrogens is 200 g/mol. The van der Waals surface area contributed by atoms with Crippen LogP contribution in [0.15, 0.2) is 0 Å². The Morgan fingerprint density at radius 3 is 2.14 bits per heavy atom. The van der Waals surface area contributed by atoms with Gasteiger partial charge in [-0.3, -0.25) is 8.74 Å². The van der Waals surface area contributed by atoms with Crippen molar-refractivity contribution in [2.24, 2.45) is 0 Å². The average molecular weight is 222 g/mol. The summed E-state index contributed by atoms with van der Waals surface area (Å²) in [5.74, 6) is 0. The summed E-state index contributed by atoms with van der Waals surface area (Å²) in [7, 11) is 0. The first kappa shape index (κ1) is 14.1. The first-order valence-corrected chi connectivity index (χ1v) is 6.43. The molecule has 3 nitrogen and oxygen atoms in total. The van der Waals surface area contributed by atoms with E-state index in [0.29, 0.717) is 0 Å². The third-order valence-corrected chi connectivity index (χ3v) is 3.27. The molecule has 0 amide bonds. The van der Waals surface area contributed by atoms with Crippen LogP contribution in [0.4, 0.5) is 0 Å². The zero-order valence-electron chi connectivity index (χ0n) is 9.41. The van der Waals surface area contributed by atoms with Crippen LogP contribution >= 0.6 is 0 Å². The second kappa shape index (κ2) is 7.37. The summed E-state index contributed by atoms with van der Waals surface area (Å²) in [4.78, 5) is 0. The van der Waals surface area contributed by atoms with E-state index >= 15 is 0 Å². The Kier molecular flexibility index (Phi) is 7.41. The lowest BCUT2D eigenvalue weighted by molar-refractivity contribution is 0.0537. The van der Waals surface area contributed by atoms with E-state index in [9.17, 15) is 4.21 Å². The molecule has 0 bridgehead atoms. The highest BCUT2D eigenvalue weighted by Gasteiger charge is 2.28. The van der Waals surface area contributed by atoms with Gasteiger partial charge in [0, 0.05) is 0 Å². The summed E-state index contributed by atoms with van der Waals surface area (Å²) in [5.41, 5.74) is -0.394. The van der Waals surface area contributed by atoms with E-state index < -0.39 is 17.0 Å². The van der Waals surface area contributed by atoms with E-state index in [-0.39, 0.29) is 0 Å². The molecule has 86 valence electrons. The molecule has 0 heterocycles. The molecule has 0 saturated carbocycles. The average Bonchev–Trinajstić information content (AvgIpc) is 2.16. The zero-order chi connectivity index (χ0) is 11.0. The molecule has 1 unspecified atom stereocenters. The summed E-state index contributed by atoms with van der Waals surface area (Å²) in [6, 6.07) is 0. The summed E-state index contributed by atoms with van der Waals surface area (Å²) in [5, 5.41) is 0. The molecule has 0 spiro atoms. The largest absolute Gasteiger partial charge is 0.302 e. The van der Waals surface area contributed by atoms with Crippen LogP contribution in [0.2, 0.25) is 0 Å². The van der Waals surface area contributed by atoms with Gasteiger partial charge in [-0.25, -0.2) is 0 Å². The highest BCUT2D eigenvalue weighted by atomic mass is 32.2. The Hall–Kier alpha value is 0.0700. The predicted octanol–water partition coefficient (Wildman–Crippen LogP) is 3.28. The molecule has 0 aliphatic carbocycles. The third-order valence-electron chi connectivity index (χ3n) is 2.77. The van der Waals surface area contributed by atoms with Crippen molar-refractivity contribution in [2.75, 3.05) is 0 Å². The monoisotopic (exact) mass is 222 g/mol. The minimum absolute atomic E-state index is 0.394. The molecule has 0 aromatic heterocycles. The van der Waals surface area contributed by atoms with Crippen LogP contribution in [0.5, 0.6) is 0 Å². The molecule has 0 aromatic rings. The van der Waals surface area contributed by atoms with Crippen molar-refractivity contribution in [3.8, 4) is 0 Å². The minimum atomic E-state index is -2.14. The van der Waals surface area contributed by atoms with Gasteiger partial charge in [0.1, 0.15) is 0 Å². The second-order valence-electron chi connectivity index (χ2n) is 3.65. The van der Waals surface area contributed by atoms with E-state index in [2.05, 4.69) is 6.92 Å². The first-order chi connectivity index (χ1) is 6.60. The maximum Gasteiger partial charge on any atom is 0.302 e. The van der Waals surface area contributed by atoms with Gasteiger partial charge in [0.2, 0.25) is 0 Å². The maximum atomic E-state index is 10.7. The fourth-order valence-electron chi connectivity index (χ4n) is 1.61. The Labute approximate surface area is 89.7 Å². The summed E-state index contributed by atoms with van der Waals surface area (Å²) in [6.45, 7) is 6.15. The van der Waals surface area contributed by atoms with Gasteiger partial charge in [-0.15, -0.1) is 0 Å². The Bertz CT molecular complexity index is 167. The van der Waals surface area contributed by atoms with Crippen LogP contribution in [0.3, 0.4) is 0 Å². The van der Waals surface area contributed by atoms with Crippen LogP contribution in [-0.2, 0) is 15.5 Å². The molecule has 1 atom stereocenters. The fraction of sp³-hybridized carbons (Fsp3) is 1.00. The lowest BCUT2D eigenvalue weighted by atomic mass is 9.91. The van der Waals surface area contributed by atoms with Crippen molar-refractivity contribution in [3.05, 3.63) is 0 Å². The van der Waals surface area contributed by atoms with Gasteiger partial charge in [-0.2, -0.15) is 4.21 Å². The van der Waals surface area contributed by atoms with Crippen LogP contribution in [0.1, 0.15) is 59.3 Å². The van der Waals surface area contributed by atoms with Crippen molar-refractivity contribution in [1.29, 1.82) is 0 Å². The smallest absolute Gasteiger partial charge is 0.284 e. The Balaban J connectivity index is 4.14. The van der Waals surface area contributed by atoms with Crippen molar-refractivity contribution in [3.63, 3.8) is 0 Å².